The van der Waals surface area contributed by atoms with Crippen molar-refractivity contribution < 1.29 is 9.53 Å². The Morgan fingerprint density at radius 1 is 1.24 bits per heavy atom. The van der Waals surface area contributed by atoms with Crippen molar-refractivity contribution in [2.45, 2.75) is 44.6 Å². The number of ether oxygens (including phenoxy) is 1. The standard InChI is InChI=1S/C17H26N2O2/c1-2-17(11-14-21-16(18)20,15-9-5-3-6-10-15)19-12-7-4-8-13-19/h3,5-6,9-10H,2,4,7-8,11-14H2,1H3,(H2,18,20). The Hall–Kier alpha value is -1.55. The van der Waals surface area contributed by atoms with Crippen LogP contribution in [0.3, 0.4) is 0 Å². The molecule has 21 heavy (non-hydrogen) atoms. The SMILES string of the molecule is CCC(CCOC(N)=O)(c1ccccc1)N1CCCCC1. The third-order valence-corrected chi connectivity index (χ3v) is 4.62. The van der Waals surface area contributed by atoms with Crippen molar-refractivity contribution in [3.8, 4) is 0 Å². The number of nitrogens with zero attached hydrogens (tertiary/aromatic N) is 1. The maximum atomic E-state index is 10.9. The molecule has 1 aromatic carbocycles. The van der Waals surface area contributed by atoms with Gasteiger partial charge in [-0.05, 0) is 37.9 Å². The maximum absolute atomic E-state index is 10.9. The van der Waals surface area contributed by atoms with E-state index in [-0.39, 0.29) is 5.54 Å². The molecule has 1 aromatic rings. The predicted molar refractivity (Wildman–Crippen MR) is 84.0 cm³/mol. The minimum Gasteiger partial charge on any atom is -0.450 e. The van der Waals surface area contributed by atoms with Crippen molar-refractivity contribution in [1.82, 2.24) is 4.90 Å². The largest absolute Gasteiger partial charge is 0.450 e. The minimum absolute atomic E-state index is 0.0584. The summed E-state index contributed by atoms with van der Waals surface area (Å²) in [5, 5.41) is 0. The first-order chi connectivity index (χ1) is 10.2. The van der Waals surface area contributed by atoms with Crippen molar-refractivity contribution in [3.05, 3.63) is 35.9 Å². The van der Waals surface area contributed by atoms with Crippen LogP contribution in [-0.2, 0) is 10.3 Å². The molecule has 1 saturated heterocycles. The Morgan fingerprint density at radius 2 is 1.90 bits per heavy atom. The van der Waals surface area contributed by atoms with Crippen molar-refractivity contribution in [1.29, 1.82) is 0 Å². The number of carbonyl (C=O) groups is 1. The van der Waals surface area contributed by atoms with E-state index < -0.39 is 6.09 Å². The molecule has 4 nitrogen and oxygen atoms in total. The molecule has 1 heterocycles. The summed E-state index contributed by atoms with van der Waals surface area (Å²) < 4.78 is 5.02. The summed E-state index contributed by atoms with van der Waals surface area (Å²) in [6.45, 7) is 4.80. The zero-order valence-corrected chi connectivity index (χ0v) is 12.9. The Balaban J connectivity index is 2.23. The summed E-state index contributed by atoms with van der Waals surface area (Å²) in [5.41, 5.74) is 6.36. The maximum Gasteiger partial charge on any atom is 0.404 e. The van der Waals surface area contributed by atoms with Crippen LogP contribution in [0.25, 0.3) is 0 Å². The second-order valence-electron chi connectivity index (χ2n) is 5.72. The average molecular weight is 290 g/mol. The van der Waals surface area contributed by atoms with E-state index in [0.29, 0.717) is 6.61 Å². The molecule has 1 fully saturated rings. The molecule has 0 saturated carbocycles. The van der Waals surface area contributed by atoms with Crippen LogP contribution < -0.4 is 5.73 Å². The van der Waals surface area contributed by atoms with Crippen LogP contribution in [0.15, 0.2) is 30.3 Å². The summed E-state index contributed by atoms with van der Waals surface area (Å²) in [6, 6.07) is 10.6. The third kappa shape index (κ3) is 3.76. The van der Waals surface area contributed by atoms with Crippen molar-refractivity contribution in [3.63, 3.8) is 0 Å². The van der Waals surface area contributed by atoms with E-state index in [9.17, 15) is 4.79 Å². The van der Waals surface area contributed by atoms with Crippen molar-refractivity contribution in [2.24, 2.45) is 5.73 Å². The summed E-state index contributed by atoms with van der Waals surface area (Å²) in [6.07, 6.45) is 4.89. The summed E-state index contributed by atoms with van der Waals surface area (Å²) in [5.74, 6) is 0. The van der Waals surface area contributed by atoms with Gasteiger partial charge in [0.1, 0.15) is 0 Å². The van der Waals surface area contributed by atoms with Gasteiger partial charge in [-0.1, -0.05) is 43.7 Å². The third-order valence-electron chi connectivity index (χ3n) is 4.62. The van der Waals surface area contributed by atoms with Gasteiger partial charge in [-0.15, -0.1) is 0 Å². The highest BCUT2D eigenvalue weighted by Gasteiger charge is 2.37. The number of piperidine rings is 1. The molecular formula is C17H26N2O2. The van der Waals surface area contributed by atoms with Gasteiger partial charge in [-0.3, -0.25) is 4.90 Å². The lowest BCUT2D eigenvalue weighted by Gasteiger charge is -2.46. The fourth-order valence-corrected chi connectivity index (χ4v) is 3.48. The van der Waals surface area contributed by atoms with Gasteiger partial charge in [-0.2, -0.15) is 0 Å². The molecule has 0 spiro atoms. The molecule has 0 bridgehead atoms. The fourth-order valence-electron chi connectivity index (χ4n) is 3.48. The van der Waals surface area contributed by atoms with Crippen molar-refractivity contribution in [2.75, 3.05) is 19.7 Å². The highest BCUT2D eigenvalue weighted by molar-refractivity contribution is 5.64. The Morgan fingerprint density at radius 3 is 2.48 bits per heavy atom. The van der Waals surface area contributed by atoms with Crippen LogP contribution in [0, 0.1) is 0 Å². The molecule has 0 aromatic heterocycles. The Bertz CT molecular complexity index is 443. The number of nitrogens with two attached hydrogens (primary N) is 1. The van der Waals surface area contributed by atoms with Gasteiger partial charge in [-0.25, -0.2) is 4.79 Å². The fraction of sp³-hybridized carbons (Fsp3) is 0.588. The van der Waals surface area contributed by atoms with Crippen LogP contribution >= 0.6 is 0 Å². The molecule has 2 N–H and O–H groups in total. The molecule has 2 rings (SSSR count). The molecular weight excluding hydrogens is 264 g/mol. The van der Waals surface area contributed by atoms with Gasteiger partial charge in [0.25, 0.3) is 0 Å². The lowest BCUT2D eigenvalue weighted by atomic mass is 9.81. The lowest BCUT2D eigenvalue weighted by Crippen LogP contribution is -2.49. The number of hydrogen-bond donors (Lipinski definition) is 1. The highest BCUT2D eigenvalue weighted by atomic mass is 16.5. The molecule has 1 aliphatic rings. The number of likely N-dealkylation sites (tertiary alicyclic amines) is 1. The zero-order valence-electron chi connectivity index (χ0n) is 12.9. The van der Waals surface area contributed by atoms with E-state index in [1.807, 2.05) is 6.07 Å². The normalized spacial score (nSPS) is 18.9. The molecule has 116 valence electrons. The van der Waals surface area contributed by atoms with Gasteiger partial charge in [0.15, 0.2) is 0 Å². The monoisotopic (exact) mass is 290 g/mol. The summed E-state index contributed by atoms with van der Waals surface area (Å²) in [7, 11) is 0. The van der Waals surface area contributed by atoms with Gasteiger partial charge in [0.05, 0.1) is 6.61 Å². The van der Waals surface area contributed by atoms with Gasteiger partial charge >= 0.3 is 6.09 Å². The number of carbonyl (C=O) groups excluding carboxylic acids is 1. The van der Waals surface area contributed by atoms with Gasteiger partial charge in [0.2, 0.25) is 0 Å². The minimum atomic E-state index is -0.688. The van der Waals surface area contributed by atoms with E-state index in [1.54, 1.807) is 0 Å². The van der Waals surface area contributed by atoms with E-state index in [4.69, 9.17) is 10.5 Å². The first-order valence-corrected chi connectivity index (χ1v) is 7.92. The van der Waals surface area contributed by atoms with E-state index in [0.717, 1.165) is 25.9 Å². The second-order valence-corrected chi connectivity index (χ2v) is 5.72. The van der Waals surface area contributed by atoms with Crippen LogP contribution in [0.5, 0.6) is 0 Å². The van der Waals surface area contributed by atoms with Crippen LogP contribution in [0.4, 0.5) is 4.79 Å². The van der Waals surface area contributed by atoms with Crippen LogP contribution in [0.2, 0.25) is 0 Å². The average Bonchev–Trinajstić information content (AvgIpc) is 2.53. The van der Waals surface area contributed by atoms with Crippen LogP contribution in [0.1, 0.15) is 44.6 Å². The molecule has 1 amide bonds. The first kappa shape index (κ1) is 15.8. The van der Waals surface area contributed by atoms with E-state index >= 15 is 0 Å². The quantitative estimate of drug-likeness (QED) is 0.875. The number of primary amides is 1. The number of hydrogen-bond acceptors (Lipinski definition) is 3. The number of amides is 1. The smallest absolute Gasteiger partial charge is 0.404 e. The summed E-state index contributed by atoms with van der Waals surface area (Å²) in [4.78, 5) is 13.4. The Kier molecular flexibility index (Phi) is 5.62. The number of rotatable bonds is 6. The predicted octanol–water partition coefficient (Wildman–Crippen LogP) is 3.26. The summed E-state index contributed by atoms with van der Waals surface area (Å²) >= 11 is 0. The van der Waals surface area contributed by atoms with E-state index in [1.165, 1.54) is 24.8 Å². The molecule has 1 aliphatic heterocycles. The number of benzene rings is 1. The molecule has 1 unspecified atom stereocenters. The lowest BCUT2D eigenvalue weighted by molar-refractivity contribution is 0.0327. The van der Waals surface area contributed by atoms with Crippen LogP contribution in [-0.4, -0.2) is 30.7 Å². The first-order valence-electron chi connectivity index (χ1n) is 7.92. The molecule has 0 radical (unpaired) electrons. The molecule has 4 heteroatoms. The Labute approximate surface area is 127 Å². The molecule has 0 aliphatic carbocycles. The van der Waals surface area contributed by atoms with Gasteiger partial charge in [0, 0.05) is 12.0 Å². The second kappa shape index (κ2) is 7.46. The van der Waals surface area contributed by atoms with Gasteiger partial charge < -0.3 is 10.5 Å². The van der Waals surface area contributed by atoms with Crippen molar-refractivity contribution >= 4 is 6.09 Å². The topological polar surface area (TPSA) is 55.6 Å². The van der Waals surface area contributed by atoms with E-state index in [2.05, 4.69) is 36.1 Å². The zero-order chi connectivity index (χ0) is 15.1. The highest BCUT2D eigenvalue weighted by Crippen LogP contribution is 2.37. The molecule has 1 atom stereocenters.